The highest BCUT2D eigenvalue weighted by Gasteiger charge is 2.35. The number of nitrogens with one attached hydrogen (secondary N) is 1. The van der Waals surface area contributed by atoms with Gasteiger partial charge in [-0.1, -0.05) is 0 Å². The monoisotopic (exact) mass is 383 g/mol. The lowest BCUT2D eigenvalue weighted by Gasteiger charge is -2.44. The first-order valence-electron chi connectivity index (χ1n) is 9.33. The Morgan fingerprint density at radius 1 is 1.33 bits per heavy atom. The van der Waals surface area contributed by atoms with Crippen molar-refractivity contribution in [2.75, 3.05) is 19.6 Å². The van der Waals surface area contributed by atoms with Gasteiger partial charge in [0.1, 0.15) is 18.1 Å². The summed E-state index contributed by atoms with van der Waals surface area (Å²) in [5.74, 6) is 1.30. The van der Waals surface area contributed by atoms with Gasteiger partial charge >= 0.3 is 0 Å². The van der Waals surface area contributed by atoms with Gasteiger partial charge in [-0.15, -0.1) is 0 Å². The minimum atomic E-state index is -0.0629. The van der Waals surface area contributed by atoms with Crippen LogP contribution in [-0.4, -0.2) is 40.9 Å². The summed E-state index contributed by atoms with van der Waals surface area (Å²) in [6.45, 7) is 3.74. The number of hydrogen-bond donors (Lipinski definition) is 1. The Bertz CT molecular complexity index is 945. The molecule has 1 atom stereocenters. The lowest BCUT2D eigenvalue weighted by molar-refractivity contribution is 0.0619. The van der Waals surface area contributed by atoms with E-state index in [4.69, 9.17) is 9.15 Å². The highest BCUT2D eigenvalue weighted by Crippen LogP contribution is 2.30. The van der Waals surface area contributed by atoms with Crippen molar-refractivity contribution in [2.24, 2.45) is 5.92 Å². The molecular formula is C20H21N3O3S. The molecule has 3 aromatic rings. The number of ether oxygens (including phenoxy) is 1. The summed E-state index contributed by atoms with van der Waals surface area (Å²) < 4.78 is 16.2. The molecule has 1 amide bonds. The highest BCUT2D eigenvalue weighted by molar-refractivity contribution is 7.13. The van der Waals surface area contributed by atoms with Gasteiger partial charge in [-0.3, -0.25) is 4.79 Å². The van der Waals surface area contributed by atoms with Crippen LogP contribution in [0.5, 0.6) is 5.75 Å². The maximum Gasteiger partial charge on any atom is 0.271 e. The van der Waals surface area contributed by atoms with E-state index in [0.717, 1.165) is 41.0 Å². The van der Waals surface area contributed by atoms with E-state index in [1.807, 2.05) is 24.3 Å². The number of rotatable bonds is 5. The zero-order chi connectivity index (χ0) is 18.2. The zero-order valence-corrected chi connectivity index (χ0v) is 15.7. The van der Waals surface area contributed by atoms with Crippen molar-refractivity contribution >= 4 is 27.5 Å². The first kappa shape index (κ1) is 16.8. The number of aromatic nitrogens is 1. The van der Waals surface area contributed by atoms with E-state index in [2.05, 4.69) is 14.6 Å². The third-order valence-electron chi connectivity index (χ3n) is 5.62. The van der Waals surface area contributed by atoms with Crippen LogP contribution < -0.4 is 10.1 Å². The van der Waals surface area contributed by atoms with E-state index < -0.39 is 0 Å². The number of carbonyl (C=O) groups is 1. The zero-order valence-electron chi connectivity index (χ0n) is 14.9. The van der Waals surface area contributed by atoms with Crippen molar-refractivity contribution < 1.29 is 13.9 Å². The lowest BCUT2D eigenvalue weighted by atomic mass is 9.84. The number of nitrogens with zero attached hydrogens (tertiary/aromatic N) is 2. The molecule has 1 N–H and O–H groups in total. The molecule has 27 heavy (non-hydrogen) atoms. The van der Waals surface area contributed by atoms with Gasteiger partial charge in [-0.25, -0.2) is 0 Å². The van der Waals surface area contributed by atoms with Crippen molar-refractivity contribution in [1.29, 1.82) is 0 Å². The molecule has 140 valence electrons. The van der Waals surface area contributed by atoms with E-state index in [-0.39, 0.29) is 11.9 Å². The smallest absolute Gasteiger partial charge is 0.271 e. The number of fused-ring (bicyclic) bond motifs is 4. The number of piperidine rings is 3. The van der Waals surface area contributed by atoms with Gasteiger partial charge in [0.05, 0.1) is 17.2 Å². The summed E-state index contributed by atoms with van der Waals surface area (Å²) in [7, 11) is 0. The number of amides is 1. The molecule has 6 nitrogen and oxygen atoms in total. The minimum absolute atomic E-state index is 0.0629. The molecule has 0 unspecified atom stereocenters. The van der Waals surface area contributed by atoms with Crippen molar-refractivity contribution in [2.45, 2.75) is 25.5 Å². The van der Waals surface area contributed by atoms with Crippen LogP contribution in [0.3, 0.4) is 0 Å². The quantitative estimate of drug-likeness (QED) is 0.732. The van der Waals surface area contributed by atoms with Crippen LogP contribution in [0.15, 0.2) is 41.2 Å². The largest absolute Gasteiger partial charge is 0.489 e. The van der Waals surface area contributed by atoms with Crippen LogP contribution in [0.2, 0.25) is 0 Å². The predicted octanol–water partition coefficient (Wildman–Crippen LogP) is 3.29. The molecule has 0 spiro atoms. The SMILES string of the molecule is O=C(N[C@@H]1CN2CCC1CC2)c1nsc2cc(OCc3ccoc3)ccc12. The van der Waals surface area contributed by atoms with Gasteiger partial charge in [0.15, 0.2) is 0 Å². The average molecular weight is 383 g/mol. The molecule has 7 heteroatoms. The molecule has 3 aliphatic heterocycles. The summed E-state index contributed by atoms with van der Waals surface area (Å²) in [5.41, 5.74) is 1.50. The Balaban J connectivity index is 1.29. The molecule has 1 aromatic carbocycles. The number of benzene rings is 1. The fraction of sp³-hybridized carbons (Fsp3) is 0.400. The van der Waals surface area contributed by atoms with Gasteiger partial charge in [0, 0.05) is 23.5 Å². The van der Waals surface area contributed by atoms with Crippen molar-refractivity contribution in [3.05, 3.63) is 48.0 Å². The number of hydrogen-bond acceptors (Lipinski definition) is 6. The van der Waals surface area contributed by atoms with E-state index in [1.165, 1.54) is 24.4 Å². The number of furan rings is 1. The van der Waals surface area contributed by atoms with Gasteiger partial charge < -0.3 is 19.4 Å². The molecule has 3 aliphatic rings. The van der Waals surface area contributed by atoms with E-state index in [9.17, 15) is 4.79 Å². The molecular weight excluding hydrogens is 362 g/mol. The maximum absolute atomic E-state index is 12.8. The van der Waals surface area contributed by atoms with E-state index in [1.54, 1.807) is 12.5 Å². The van der Waals surface area contributed by atoms with Crippen molar-refractivity contribution in [3.8, 4) is 5.75 Å². The van der Waals surface area contributed by atoms with Gasteiger partial charge in [-0.2, -0.15) is 4.37 Å². The molecule has 0 aliphatic carbocycles. The second-order valence-corrected chi connectivity index (χ2v) is 8.13. The first-order chi connectivity index (χ1) is 13.3. The van der Waals surface area contributed by atoms with E-state index >= 15 is 0 Å². The van der Waals surface area contributed by atoms with Crippen molar-refractivity contribution in [1.82, 2.24) is 14.6 Å². The van der Waals surface area contributed by atoms with Crippen LogP contribution in [0, 0.1) is 5.92 Å². The van der Waals surface area contributed by atoms with Crippen LogP contribution in [-0.2, 0) is 6.61 Å². The predicted molar refractivity (Wildman–Crippen MR) is 103 cm³/mol. The Kier molecular flexibility index (Phi) is 4.33. The Labute approximate surface area is 161 Å². The molecule has 3 saturated heterocycles. The summed E-state index contributed by atoms with van der Waals surface area (Å²) in [5, 5.41) is 4.11. The molecule has 0 radical (unpaired) electrons. The topological polar surface area (TPSA) is 67.6 Å². The molecule has 3 fully saturated rings. The summed E-state index contributed by atoms with van der Waals surface area (Å²) in [6.07, 6.45) is 5.66. The molecule has 2 bridgehead atoms. The third kappa shape index (κ3) is 3.33. The second-order valence-electron chi connectivity index (χ2n) is 7.33. The summed E-state index contributed by atoms with van der Waals surface area (Å²) in [4.78, 5) is 15.2. The first-order valence-corrected chi connectivity index (χ1v) is 10.1. The molecule has 5 heterocycles. The summed E-state index contributed by atoms with van der Waals surface area (Å²) >= 11 is 1.34. The fourth-order valence-corrected chi connectivity index (χ4v) is 4.88. The molecule has 6 rings (SSSR count). The van der Waals surface area contributed by atoms with Crippen LogP contribution in [0.4, 0.5) is 0 Å². The van der Waals surface area contributed by atoms with Gasteiger partial charge in [-0.05, 0) is 67.6 Å². The van der Waals surface area contributed by atoms with Crippen LogP contribution in [0.25, 0.3) is 10.1 Å². The number of carbonyl (C=O) groups excluding carboxylic acids is 1. The third-order valence-corrected chi connectivity index (χ3v) is 6.43. The summed E-state index contributed by atoms with van der Waals surface area (Å²) in [6, 6.07) is 7.88. The average Bonchev–Trinajstić information content (AvgIpc) is 3.36. The molecule has 0 saturated carbocycles. The second kappa shape index (κ2) is 6.98. The highest BCUT2D eigenvalue weighted by atomic mass is 32.1. The standard InChI is InChI=1S/C20H21N3O3S/c24-20(21-17-10-23-6-3-14(17)4-7-23)19-16-2-1-15(9-18(16)27-22-19)26-12-13-5-8-25-11-13/h1-2,5,8-9,11,14,17H,3-4,6-7,10,12H2,(H,21,24)/t17-/m1/s1. The Morgan fingerprint density at radius 2 is 2.22 bits per heavy atom. The molecule has 2 aromatic heterocycles. The van der Waals surface area contributed by atoms with Gasteiger partial charge in [0.25, 0.3) is 5.91 Å². The van der Waals surface area contributed by atoms with Crippen LogP contribution in [0.1, 0.15) is 28.9 Å². The normalized spacial score (nSPS) is 24.2. The van der Waals surface area contributed by atoms with Gasteiger partial charge in [0.2, 0.25) is 0 Å². The maximum atomic E-state index is 12.8. The van der Waals surface area contributed by atoms with E-state index in [0.29, 0.717) is 18.2 Å². The minimum Gasteiger partial charge on any atom is -0.489 e. The Hall–Kier alpha value is -2.38. The van der Waals surface area contributed by atoms with Crippen molar-refractivity contribution in [3.63, 3.8) is 0 Å². The van der Waals surface area contributed by atoms with Crippen LogP contribution >= 0.6 is 11.5 Å². The Morgan fingerprint density at radius 3 is 2.96 bits per heavy atom. The fourth-order valence-electron chi connectivity index (χ4n) is 4.08. The lowest BCUT2D eigenvalue weighted by Crippen LogP contribution is -2.57.